The van der Waals surface area contributed by atoms with Gasteiger partial charge in [-0.15, -0.1) is 0 Å². The first kappa shape index (κ1) is 22.5. The number of Topliss-reactive ketones (excluding diaryl/α,β-unsaturated/α-hetero) is 1. The molecule has 178 valence electrons. The summed E-state index contributed by atoms with van der Waals surface area (Å²) in [6.45, 7) is 8.35. The average Bonchev–Trinajstić information content (AvgIpc) is 3.41. The van der Waals surface area contributed by atoms with Crippen LogP contribution in [-0.2, 0) is 28.6 Å². The number of allylic oxidation sites excluding steroid dienone is 3. The summed E-state index contributed by atoms with van der Waals surface area (Å²) in [7, 11) is 0. The van der Waals surface area contributed by atoms with Gasteiger partial charge < -0.3 is 19.3 Å². The van der Waals surface area contributed by atoms with Gasteiger partial charge in [-0.05, 0) is 61.7 Å². The summed E-state index contributed by atoms with van der Waals surface area (Å²) in [4.78, 5) is 35.9. The number of hydrogen-bond acceptors (Lipinski definition) is 7. The molecule has 1 N–H and O–H groups in total. The molecule has 0 aromatic carbocycles. The summed E-state index contributed by atoms with van der Waals surface area (Å²) in [6.07, 6.45) is 9.99. The molecule has 1 heterocycles. The molecule has 0 amide bonds. The number of epoxide rings is 1. The number of carbonyl (C=O) groups excluding carboxylic acids is 3. The maximum Gasteiger partial charge on any atom is 0.308 e. The Morgan fingerprint density at radius 2 is 1.91 bits per heavy atom. The molecule has 5 aliphatic rings. The Balaban J connectivity index is 1.50. The number of ether oxygens (including phenoxy) is 3. The quantitative estimate of drug-likeness (QED) is 0.512. The lowest BCUT2D eigenvalue weighted by atomic mass is 9.48. The maximum atomic E-state index is 13.2. The van der Waals surface area contributed by atoms with Gasteiger partial charge >= 0.3 is 11.9 Å². The van der Waals surface area contributed by atoms with Crippen LogP contribution in [0.15, 0.2) is 35.6 Å². The van der Waals surface area contributed by atoms with E-state index in [1.54, 1.807) is 0 Å². The Labute approximate surface area is 193 Å². The minimum atomic E-state index is -1.57. The molecule has 1 saturated heterocycles. The van der Waals surface area contributed by atoms with Crippen LogP contribution in [0.4, 0.5) is 0 Å². The third-order valence-corrected chi connectivity index (χ3v) is 9.39. The highest BCUT2D eigenvalue weighted by Gasteiger charge is 2.81. The molecule has 0 radical (unpaired) electrons. The Hall–Kier alpha value is -2.25. The molecule has 0 aromatic rings. The van der Waals surface area contributed by atoms with Gasteiger partial charge in [0.2, 0.25) is 5.78 Å². The highest BCUT2D eigenvalue weighted by molar-refractivity contribution is 5.91. The van der Waals surface area contributed by atoms with Crippen molar-refractivity contribution in [3.8, 4) is 0 Å². The Kier molecular flexibility index (Phi) is 4.70. The monoisotopic (exact) mass is 456 g/mol. The first-order valence-corrected chi connectivity index (χ1v) is 11.8. The predicted molar refractivity (Wildman–Crippen MR) is 117 cm³/mol. The summed E-state index contributed by atoms with van der Waals surface area (Å²) in [5, 5.41) is 11.9. The molecule has 2 saturated carbocycles. The van der Waals surface area contributed by atoms with Gasteiger partial charge in [-0.3, -0.25) is 14.4 Å². The predicted octanol–water partition coefficient (Wildman–Crippen LogP) is 3.02. The van der Waals surface area contributed by atoms with Gasteiger partial charge in [-0.2, -0.15) is 0 Å². The second-order valence-electron chi connectivity index (χ2n) is 10.9. The largest absolute Gasteiger partial charge is 0.458 e. The second kappa shape index (κ2) is 6.89. The molecular formula is C26H32O7. The number of rotatable bonds is 4. The highest BCUT2D eigenvalue weighted by atomic mass is 16.6. The van der Waals surface area contributed by atoms with E-state index in [1.165, 1.54) is 13.8 Å². The third-order valence-electron chi connectivity index (χ3n) is 9.39. The smallest absolute Gasteiger partial charge is 0.308 e. The fourth-order valence-electron chi connectivity index (χ4n) is 7.84. The molecule has 1 aliphatic heterocycles. The summed E-state index contributed by atoms with van der Waals surface area (Å²) >= 11 is 0. The van der Waals surface area contributed by atoms with Gasteiger partial charge in [0.15, 0.2) is 6.61 Å². The molecule has 0 unspecified atom stereocenters. The number of aliphatic hydroxyl groups is 1. The van der Waals surface area contributed by atoms with E-state index in [4.69, 9.17) is 14.2 Å². The van der Waals surface area contributed by atoms with Gasteiger partial charge in [0.05, 0.1) is 6.10 Å². The summed E-state index contributed by atoms with van der Waals surface area (Å²) < 4.78 is 16.8. The van der Waals surface area contributed by atoms with E-state index in [0.717, 1.165) is 12.0 Å². The third kappa shape index (κ3) is 2.72. The van der Waals surface area contributed by atoms with Crippen molar-refractivity contribution in [3.63, 3.8) is 0 Å². The lowest BCUT2D eigenvalue weighted by Gasteiger charge is -2.54. The fraction of sp³-hybridized carbons (Fsp3) is 0.654. The lowest BCUT2D eigenvalue weighted by molar-refractivity contribution is -0.170. The molecule has 1 spiro atoms. The van der Waals surface area contributed by atoms with Gasteiger partial charge in [0.25, 0.3) is 0 Å². The van der Waals surface area contributed by atoms with Crippen molar-refractivity contribution < 1.29 is 33.7 Å². The molecule has 7 heteroatoms. The number of ketones is 1. The Morgan fingerprint density at radius 3 is 2.58 bits per heavy atom. The van der Waals surface area contributed by atoms with Crippen molar-refractivity contribution in [1.82, 2.24) is 0 Å². The molecule has 8 atom stereocenters. The molecule has 7 nitrogen and oxygen atoms in total. The molecule has 33 heavy (non-hydrogen) atoms. The Morgan fingerprint density at radius 1 is 1.18 bits per heavy atom. The van der Waals surface area contributed by atoms with E-state index in [9.17, 15) is 19.5 Å². The molecule has 5 rings (SSSR count). The van der Waals surface area contributed by atoms with E-state index in [0.29, 0.717) is 18.6 Å². The van der Waals surface area contributed by atoms with E-state index in [-0.39, 0.29) is 35.2 Å². The Bertz CT molecular complexity index is 1040. The fourth-order valence-corrected chi connectivity index (χ4v) is 7.84. The van der Waals surface area contributed by atoms with Gasteiger partial charge in [0.1, 0.15) is 17.0 Å². The van der Waals surface area contributed by atoms with Crippen molar-refractivity contribution in [2.24, 2.45) is 28.6 Å². The van der Waals surface area contributed by atoms with E-state index >= 15 is 0 Å². The van der Waals surface area contributed by atoms with Crippen LogP contribution in [0.5, 0.6) is 0 Å². The molecular weight excluding hydrogens is 424 g/mol. The maximum absolute atomic E-state index is 13.2. The van der Waals surface area contributed by atoms with E-state index in [2.05, 4.69) is 19.1 Å². The van der Waals surface area contributed by atoms with E-state index in [1.807, 2.05) is 26.0 Å². The van der Waals surface area contributed by atoms with Crippen molar-refractivity contribution in [1.29, 1.82) is 0 Å². The van der Waals surface area contributed by atoms with Gasteiger partial charge in [-0.25, -0.2) is 0 Å². The SMILES string of the molecule is CC(=O)OCC(=O)[C@@]1(O)[C@H](C)C[C@H]2[C@@H]3CC=C4C=C(OC(C)=O)C=C[C@]4(C)[C@@]34O[C@H]4C[C@@]21C. The van der Waals surface area contributed by atoms with Gasteiger partial charge in [0, 0.05) is 24.7 Å². The highest BCUT2D eigenvalue weighted by Crippen LogP contribution is 2.75. The minimum Gasteiger partial charge on any atom is -0.458 e. The van der Waals surface area contributed by atoms with Crippen molar-refractivity contribution in [2.75, 3.05) is 6.61 Å². The van der Waals surface area contributed by atoms with Crippen LogP contribution in [0.2, 0.25) is 0 Å². The molecule has 3 fully saturated rings. The summed E-state index contributed by atoms with van der Waals surface area (Å²) in [5.74, 6) is -0.808. The van der Waals surface area contributed by atoms with Crippen LogP contribution in [0.3, 0.4) is 0 Å². The van der Waals surface area contributed by atoms with E-state index < -0.39 is 35.0 Å². The number of carbonyl (C=O) groups is 3. The second-order valence-corrected chi connectivity index (χ2v) is 10.9. The number of esters is 2. The average molecular weight is 457 g/mol. The number of hydrogen-bond donors (Lipinski definition) is 1. The topological polar surface area (TPSA) is 102 Å². The minimum absolute atomic E-state index is 0.0828. The first-order chi connectivity index (χ1) is 15.4. The normalized spacial score (nSPS) is 46.6. The van der Waals surface area contributed by atoms with Crippen LogP contribution >= 0.6 is 0 Å². The van der Waals surface area contributed by atoms with Crippen LogP contribution in [0.25, 0.3) is 0 Å². The van der Waals surface area contributed by atoms with Crippen LogP contribution in [0, 0.1) is 28.6 Å². The van der Waals surface area contributed by atoms with Crippen molar-refractivity contribution in [3.05, 3.63) is 35.6 Å². The molecule has 0 aromatic heterocycles. The summed E-state index contributed by atoms with van der Waals surface area (Å²) in [5.41, 5.74) is -1.94. The lowest BCUT2D eigenvalue weighted by Crippen LogP contribution is -2.62. The standard InChI is InChI=1S/C26H32O7/c1-14-10-20-19-7-6-17-11-18(32-16(3)28)8-9-23(17,4)26(19)22(33-26)12-24(20,5)25(14,30)21(29)13-31-15(2)27/h6,8-9,11,14,19-20,22,30H,7,10,12-13H2,1-5H3/t14-,19+,20+,22+,23+,24+,25+,26-/m1/s1. The van der Waals surface area contributed by atoms with Gasteiger partial charge in [-0.1, -0.05) is 26.0 Å². The molecule has 4 aliphatic carbocycles. The van der Waals surface area contributed by atoms with Crippen molar-refractivity contribution in [2.45, 2.75) is 71.2 Å². The first-order valence-electron chi connectivity index (χ1n) is 11.8. The van der Waals surface area contributed by atoms with Crippen LogP contribution in [-0.4, -0.2) is 46.7 Å². The number of fused-ring (bicyclic) bond motifs is 3. The summed E-state index contributed by atoms with van der Waals surface area (Å²) in [6, 6.07) is 0. The van der Waals surface area contributed by atoms with Crippen LogP contribution in [0.1, 0.15) is 53.9 Å². The zero-order valence-electron chi connectivity index (χ0n) is 19.8. The zero-order valence-corrected chi connectivity index (χ0v) is 19.8. The van der Waals surface area contributed by atoms with Crippen molar-refractivity contribution >= 4 is 17.7 Å². The zero-order chi connectivity index (χ0) is 24.0. The van der Waals surface area contributed by atoms with Crippen LogP contribution < -0.4 is 0 Å². The molecule has 0 bridgehead atoms.